The number of amides is 2. The van der Waals surface area contributed by atoms with Crippen LogP contribution in [0.1, 0.15) is 46.3 Å². The lowest BCUT2D eigenvalue weighted by molar-refractivity contribution is 0.0883. The van der Waals surface area contributed by atoms with Gasteiger partial charge in [-0.1, -0.05) is 48.5 Å². The van der Waals surface area contributed by atoms with E-state index in [-0.39, 0.29) is 17.9 Å². The number of carbonyl (C=O) groups excluding carboxylic acids is 2. The standard InChI is InChI=1S/C24H24N2O3/c1-17(2)29-21-15-13-18(14-16-21)22(25-23(27)19-9-5-3-6-10-19)26-24(28)20-11-7-4-8-12-20/h3-17,22H,1-2H3,(H,25,27)(H,26,28). The molecule has 0 unspecified atom stereocenters. The Kier molecular flexibility index (Phi) is 6.63. The lowest BCUT2D eigenvalue weighted by Gasteiger charge is -2.21. The molecule has 2 N–H and O–H groups in total. The van der Waals surface area contributed by atoms with Crippen LogP contribution in [0.3, 0.4) is 0 Å². The van der Waals surface area contributed by atoms with Crippen LogP contribution >= 0.6 is 0 Å². The van der Waals surface area contributed by atoms with Gasteiger partial charge in [0.2, 0.25) is 0 Å². The van der Waals surface area contributed by atoms with Crippen molar-refractivity contribution in [1.29, 1.82) is 0 Å². The Labute approximate surface area is 170 Å². The summed E-state index contributed by atoms with van der Waals surface area (Å²) >= 11 is 0. The Balaban J connectivity index is 1.82. The van der Waals surface area contributed by atoms with E-state index in [4.69, 9.17) is 4.74 Å². The SMILES string of the molecule is CC(C)Oc1ccc(C(NC(=O)c2ccccc2)NC(=O)c2ccccc2)cc1. The summed E-state index contributed by atoms with van der Waals surface area (Å²) < 4.78 is 5.68. The van der Waals surface area contributed by atoms with Gasteiger partial charge >= 0.3 is 0 Å². The molecule has 0 aromatic heterocycles. The first-order valence-electron chi connectivity index (χ1n) is 9.51. The van der Waals surface area contributed by atoms with Gasteiger partial charge in [-0.15, -0.1) is 0 Å². The molecule has 0 bridgehead atoms. The fourth-order valence-corrected chi connectivity index (χ4v) is 2.82. The van der Waals surface area contributed by atoms with Crippen LogP contribution in [0.15, 0.2) is 84.9 Å². The Hall–Kier alpha value is -3.60. The van der Waals surface area contributed by atoms with Gasteiger partial charge in [0.1, 0.15) is 11.9 Å². The number of carbonyl (C=O) groups is 2. The van der Waals surface area contributed by atoms with E-state index < -0.39 is 6.17 Å². The molecule has 0 atom stereocenters. The summed E-state index contributed by atoms with van der Waals surface area (Å²) in [5.74, 6) is 0.184. The minimum atomic E-state index is -0.691. The van der Waals surface area contributed by atoms with E-state index in [9.17, 15) is 9.59 Å². The Morgan fingerprint density at radius 2 is 1.14 bits per heavy atom. The fourth-order valence-electron chi connectivity index (χ4n) is 2.82. The highest BCUT2D eigenvalue weighted by molar-refractivity contribution is 5.96. The average Bonchev–Trinajstić information content (AvgIpc) is 2.74. The quantitative estimate of drug-likeness (QED) is 0.592. The van der Waals surface area contributed by atoms with Crippen LogP contribution in [0.4, 0.5) is 0 Å². The lowest BCUT2D eigenvalue weighted by Crippen LogP contribution is -2.41. The largest absolute Gasteiger partial charge is 0.491 e. The fraction of sp³-hybridized carbons (Fsp3) is 0.167. The molecule has 0 saturated carbocycles. The van der Waals surface area contributed by atoms with E-state index in [0.29, 0.717) is 11.1 Å². The van der Waals surface area contributed by atoms with Gasteiger partial charge in [-0.2, -0.15) is 0 Å². The van der Waals surface area contributed by atoms with Gasteiger partial charge in [-0.25, -0.2) is 0 Å². The highest BCUT2D eigenvalue weighted by atomic mass is 16.5. The zero-order chi connectivity index (χ0) is 20.6. The highest BCUT2D eigenvalue weighted by Crippen LogP contribution is 2.19. The van der Waals surface area contributed by atoms with E-state index in [0.717, 1.165) is 11.3 Å². The number of ether oxygens (including phenoxy) is 1. The summed E-state index contributed by atoms with van der Waals surface area (Å²) in [5.41, 5.74) is 1.78. The van der Waals surface area contributed by atoms with Gasteiger partial charge in [-0.3, -0.25) is 9.59 Å². The van der Waals surface area contributed by atoms with Crippen LogP contribution in [0.2, 0.25) is 0 Å². The van der Waals surface area contributed by atoms with Crippen LogP contribution < -0.4 is 15.4 Å². The molecular weight excluding hydrogens is 364 g/mol. The number of nitrogens with one attached hydrogen (secondary N) is 2. The van der Waals surface area contributed by atoms with Crippen LogP contribution in [0, 0.1) is 0 Å². The lowest BCUT2D eigenvalue weighted by atomic mass is 10.1. The number of benzene rings is 3. The second kappa shape index (κ2) is 9.55. The maximum Gasteiger partial charge on any atom is 0.253 e. The smallest absolute Gasteiger partial charge is 0.253 e. The maximum atomic E-state index is 12.7. The normalized spacial score (nSPS) is 10.6. The Morgan fingerprint density at radius 1 is 0.690 bits per heavy atom. The van der Waals surface area contributed by atoms with Crippen molar-refractivity contribution in [3.05, 3.63) is 102 Å². The van der Waals surface area contributed by atoms with Crippen molar-refractivity contribution in [3.63, 3.8) is 0 Å². The van der Waals surface area contributed by atoms with Gasteiger partial charge in [-0.05, 0) is 55.8 Å². The molecule has 5 heteroatoms. The summed E-state index contributed by atoms with van der Waals surface area (Å²) in [7, 11) is 0. The van der Waals surface area contributed by atoms with Gasteiger partial charge in [0.25, 0.3) is 11.8 Å². The van der Waals surface area contributed by atoms with Crippen LogP contribution in [-0.4, -0.2) is 17.9 Å². The molecule has 0 heterocycles. The zero-order valence-corrected chi connectivity index (χ0v) is 16.5. The van der Waals surface area contributed by atoms with E-state index >= 15 is 0 Å². The van der Waals surface area contributed by atoms with Gasteiger partial charge < -0.3 is 15.4 Å². The second-order valence-corrected chi connectivity index (χ2v) is 6.85. The van der Waals surface area contributed by atoms with Crippen LogP contribution in [-0.2, 0) is 0 Å². The molecule has 29 heavy (non-hydrogen) atoms. The molecule has 3 rings (SSSR count). The minimum Gasteiger partial charge on any atom is -0.491 e. The number of hydrogen-bond acceptors (Lipinski definition) is 3. The molecule has 0 spiro atoms. The summed E-state index contributed by atoms with van der Waals surface area (Å²) in [6.07, 6.45) is -0.629. The minimum absolute atomic E-state index is 0.0622. The molecule has 0 radical (unpaired) electrons. The van der Waals surface area contributed by atoms with Gasteiger partial charge in [0.05, 0.1) is 6.10 Å². The highest BCUT2D eigenvalue weighted by Gasteiger charge is 2.19. The summed E-state index contributed by atoms with van der Waals surface area (Å²) in [6, 6.07) is 25.1. The van der Waals surface area contributed by atoms with Gasteiger partial charge in [0, 0.05) is 11.1 Å². The Morgan fingerprint density at radius 3 is 1.55 bits per heavy atom. The van der Waals surface area contributed by atoms with Crippen molar-refractivity contribution in [2.24, 2.45) is 0 Å². The van der Waals surface area contributed by atoms with E-state index in [1.807, 2.05) is 50.2 Å². The number of rotatable bonds is 7. The molecule has 148 valence electrons. The van der Waals surface area contributed by atoms with Crippen LogP contribution in [0.5, 0.6) is 5.75 Å². The molecule has 2 amide bonds. The average molecular weight is 388 g/mol. The maximum absolute atomic E-state index is 12.7. The van der Waals surface area contributed by atoms with Crippen molar-refractivity contribution >= 4 is 11.8 Å². The zero-order valence-electron chi connectivity index (χ0n) is 16.5. The molecule has 3 aromatic carbocycles. The molecule has 3 aromatic rings. The predicted octanol–water partition coefficient (Wildman–Crippen LogP) is 4.33. The summed E-state index contributed by atoms with van der Waals surface area (Å²) in [5, 5.41) is 5.80. The van der Waals surface area contributed by atoms with Crippen molar-refractivity contribution in [1.82, 2.24) is 10.6 Å². The van der Waals surface area contributed by atoms with Crippen molar-refractivity contribution in [3.8, 4) is 5.75 Å². The predicted molar refractivity (Wildman–Crippen MR) is 113 cm³/mol. The van der Waals surface area contributed by atoms with E-state index in [1.54, 1.807) is 48.5 Å². The topological polar surface area (TPSA) is 67.4 Å². The third-order valence-corrected chi connectivity index (χ3v) is 4.21. The number of hydrogen-bond donors (Lipinski definition) is 2. The summed E-state index contributed by atoms with van der Waals surface area (Å²) in [6.45, 7) is 3.91. The van der Waals surface area contributed by atoms with Crippen molar-refractivity contribution in [2.75, 3.05) is 0 Å². The Bertz CT molecular complexity index is 885. The molecule has 0 aliphatic rings. The molecule has 0 aliphatic carbocycles. The van der Waals surface area contributed by atoms with Gasteiger partial charge in [0.15, 0.2) is 0 Å². The summed E-state index contributed by atoms with van der Waals surface area (Å²) in [4.78, 5) is 25.3. The van der Waals surface area contributed by atoms with Crippen molar-refractivity contribution < 1.29 is 14.3 Å². The second-order valence-electron chi connectivity index (χ2n) is 6.85. The first-order chi connectivity index (χ1) is 14.0. The monoisotopic (exact) mass is 388 g/mol. The van der Waals surface area contributed by atoms with E-state index in [2.05, 4.69) is 10.6 Å². The molecule has 0 saturated heterocycles. The first kappa shape index (κ1) is 20.1. The molecular formula is C24H24N2O3. The molecule has 0 aliphatic heterocycles. The third kappa shape index (κ3) is 5.69. The van der Waals surface area contributed by atoms with Crippen molar-refractivity contribution in [2.45, 2.75) is 26.1 Å². The first-order valence-corrected chi connectivity index (χ1v) is 9.51. The van der Waals surface area contributed by atoms with E-state index in [1.165, 1.54) is 0 Å². The van der Waals surface area contributed by atoms with Crippen LogP contribution in [0.25, 0.3) is 0 Å². The molecule has 5 nitrogen and oxygen atoms in total. The third-order valence-electron chi connectivity index (χ3n) is 4.21. The molecule has 0 fully saturated rings.